The molecule has 8 heteroatoms. The molecule has 1 spiro atoms. The molecule has 2 fully saturated rings. The van der Waals surface area contributed by atoms with Gasteiger partial charge in [0.25, 0.3) is 0 Å². The standard InChI is InChI=1S/C25H26N4O4/c1-14-7-8-17-16(13-14)25(24(33)27-17)21-20(18(28-25)9-10-19(26)30)22(31)29(23(21)32)12-11-15-5-3-2-4-6-15/h2-8,13,18,20-21,28H,9-12H2,1H3,(H2,26,30)(H,27,33)/t18-,20+,21+,25+/m0/s1. The van der Waals surface area contributed by atoms with E-state index in [0.29, 0.717) is 17.7 Å². The lowest BCUT2D eigenvalue weighted by Gasteiger charge is -2.29. The maximum Gasteiger partial charge on any atom is 0.250 e. The number of nitrogens with two attached hydrogens (primary N) is 1. The molecule has 0 radical (unpaired) electrons. The number of amides is 4. The maximum absolute atomic E-state index is 13.7. The monoisotopic (exact) mass is 446 g/mol. The number of anilines is 1. The van der Waals surface area contributed by atoms with Gasteiger partial charge in [-0.15, -0.1) is 0 Å². The van der Waals surface area contributed by atoms with Crippen molar-refractivity contribution in [2.75, 3.05) is 11.9 Å². The van der Waals surface area contributed by atoms with Crippen LogP contribution in [-0.4, -0.2) is 41.1 Å². The van der Waals surface area contributed by atoms with Crippen molar-refractivity contribution in [3.05, 3.63) is 65.2 Å². The van der Waals surface area contributed by atoms with E-state index in [9.17, 15) is 19.2 Å². The van der Waals surface area contributed by atoms with E-state index in [-0.39, 0.29) is 37.1 Å². The smallest absolute Gasteiger partial charge is 0.250 e. The van der Waals surface area contributed by atoms with E-state index in [4.69, 9.17) is 5.73 Å². The van der Waals surface area contributed by atoms with Crippen LogP contribution in [0.15, 0.2) is 48.5 Å². The van der Waals surface area contributed by atoms with Crippen molar-refractivity contribution >= 4 is 29.3 Å². The number of imide groups is 1. The van der Waals surface area contributed by atoms with Gasteiger partial charge >= 0.3 is 0 Å². The Balaban J connectivity index is 1.53. The summed E-state index contributed by atoms with van der Waals surface area (Å²) in [4.78, 5) is 53.4. The summed E-state index contributed by atoms with van der Waals surface area (Å²) in [6.07, 6.45) is 0.870. The summed E-state index contributed by atoms with van der Waals surface area (Å²) in [5.41, 5.74) is 7.30. The SMILES string of the molecule is Cc1ccc2c(c1)[C@]1(N[C@@H](CCC(N)=O)[C@H]3C(=O)N(CCc4ccccc4)C(=O)[C@@H]31)C(=O)N2. The first-order valence-corrected chi connectivity index (χ1v) is 11.2. The fourth-order valence-corrected chi connectivity index (χ4v) is 5.63. The average Bonchev–Trinajstić information content (AvgIpc) is 3.37. The van der Waals surface area contributed by atoms with Crippen molar-refractivity contribution in [3.63, 3.8) is 0 Å². The lowest BCUT2D eigenvalue weighted by Crippen LogP contribution is -2.53. The topological polar surface area (TPSA) is 122 Å². The number of benzene rings is 2. The van der Waals surface area contributed by atoms with E-state index >= 15 is 0 Å². The number of primary amides is 1. The Morgan fingerprint density at radius 1 is 1.09 bits per heavy atom. The second-order valence-corrected chi connectivity index (χ2v) is 9.13. The molecule has 0 unspecified atom stereocenters. The van der Waals surface area contributed by atoms with Gasteiger partial charge in [0, 0.05) is 30.3 Å². The van der Waals surface area contributed by atoms with Gasteiger partial charge in [-0.1, -0.05) is 48.0 Å². The molecule has 4 atom stereocenters. The van der Waals surface area contributed by atoms with Gasteiger partial charge in [-0.05, 0) is 31.4 Å². The predicted octanol–water partition coefficient (Wildman–Crippen LogP) is 1.22. The highest BCUT2D eigenvalue weighted by Gasteiger charge is 2.70. The first-order valence-electron chi connectivity index (χ1n) is 11.2. The molecule has 3 heterocycles. The van der Waals surface area contributed by atoms with E-state index < -0.39 is 29.3 Å². The maximum atomic E-state index is 13.7. The quantitative estimate of drug-likeness (QED) is 0.576. The average molecular weight is 447 g/mol. The summed E-state index contributed by atoms with van der Waals surface area (Å²) in [6.45, 7) is 2.16. The van der Waals surface area contributed by atoms with Crippen LogP contribution in [0.25, 0.3) is 0 Å². The zero-order chi connectivity index (χ0) is 23.3. The molecule has 2 aromatic rings. The summed E-state index contributed by atoms with van der Waals surface area (Å²) in [6, 6.07) is 14.7. The molecule has 5 rings (SSSR count). The van der Waals surface area contributed by atoms with E-state index in [1.54, 1.807) is 0 Å². The van der Waals surface area contributed by atoms with Crippen molar-refractivity contribution in [2.45, 2.75) is 37.8 Å². The van der Waals surface area contributed by atoms with E-state index in [2.05, 4.69) is 10.6 Å². The molecular formula is C25H26N4O4. The van der Waals surface area contributed by atoms with Crippen molar-refractivity contribution in [2.24, 2.45) is 17.6 Å². The molecule has 0 aliphatic carbocycles. The predicted molar refractivity (Wildman–Crippen MR) is 121 cm³/mol. The Bertz CT molecular complexity index is 1160. The number of likely N-dealkylation sites (tertiary alicyclic amines) is 1. The molecule has 0 aromatic heterocycles. The van der Waals surface area contributed by atoms with E-state index in [1.165, 1.54) is 4.90 Å². The van der Waals surface area contributed by atoms with Crippen molar-refractivity contribution < 1.29 is 19.2 Å². The number of carbonyl (C=O) groups excluding carboxylic acids is 4. The van der Waals surface area contributed by atoms with Crippen LogP contribution in [0.3, 0.4) is 0 Å². The molecule has 2 aromatic carbocycles. The molecule has 8 nitrogen and oxygen atoms in total. The zero-order valence-corrected chi connectivity index (χ0v) is 18.3. The van der Waals surface area contributed by atoms with Crippen LogP contribution in [0.5, 0.6) is 0 Å². The molecule has 0 bridgehead atoms. The normalized spacial score (nSPS) is 27.7. The van der Waals surface area contributed by atoms with E-state index in [1.807, 2.05) is 55.5 Å². The molecule has 33 heavy (non-hydrogen) atoms. The summed E-state index contributed by atoms with van der Waals surface area (Å²) in [7, 11) is 0. The Kier molecular flexibility index (Phi) is 5.05. The number of nitrogens with one attached hydrogen (secondary N) is 2. The minimum atomic E-state index is -1.34. The highest BCUT2D eigenvalue weighted by Crippen LogP contribution is 2.53. The van der Waals surface area contributed by atoms with Gasteiger partial charge < -0.3 is 11.1 Å². The largest absolute Gasteiger partial charge is 0.370 e. The number of rotatable bonds is 6. The zero-order valence-electron chi connectivity index (χ0n) is 18.3. The molecule has 2 saturated heterocycles. The van der Waals surface area contributed by atoms with Crippen LogP contribution < -0.4 is 16.4 Å². The van der Waals surface area contributed by atoms with Crippen LogP contribution in [0.2, 0.25) is 0 Å². The molecule has 170 valence electrons. The van der Waals surface area contributed by atoms with Crippen molar-refractivity contribution in [3.8, 4) is 0 Å². The summed E-state index contributed by atoms with van der Waals surface area (Å²) in [5, 5.41) is 6.21. The molecule has 0 saturated carbocycles. The van der Waals surface area contributed by atoms with Gasteiger partial charge in [0.2, 0.25) is 23.6 Å². The molecule has 3 aliphatic rings. The lowest BCUT2D eigenvalue weighted by molar-refractivity contribution is -0.142. The summed E-state index contributed by atoms with van der Waals surface area (Å²) in [5.74, 6) is -3.08. The van der Waals surface area contributed by atoms with Gasteiger partial charge in [-0.25, -0.2) is 0 Å². The van der Waals surface area contributed by atoms with Crippen LogP contribution >= 0.6 is 0 Å². The molecule has 3 aliphatic heterocycles. The van der Waals surface area contributed by atoms with E-state index in [0.717, 1.165) is 11.1 Å². The second-order valence-electron chi connectivity index (χ2n) is 9.13. The van der Waals surface area contributed by atoms with Gasteiger partial charge in [0.05, 0.1) is 11.8 Å². The first kappa shape index (κ1) is 21.3. The van der Waals surface area contributed by atoms with Crippen LogP contribution in [0.1, 0.15) is 29.5 Å². The lowest BCUT2D eigenvalue weighted by atomic mass is 9.76. The van der Waals surface area contributed by atoms with Crippen molar-refractivity contribution in [1.82, 2.24) is 10.2 Å². The van der Waals surface area contributed by atoms with Crippen LogP contribution in [0, 0.1) is 18.8 Å². The number of fused-ring (bicyclic) bond motifs is 4. The van der Waals surface area contributed by atoms with Crippen LogP contribution in [-0.2, 0) is 31.1 Å². The summed E-state index contributed by atoms with van der Waals surface area (Å²) < 4.78 is 0. The Morgan fingerprint density at radius 3 is 2.58 bits per heavy atom. The highest BCUT2D eigenvalue weighted by atomic mass is 16.2. The third kappa shape index (κ3) is 3.24. The van der Waals surface area contributed by atoms with Gasteiger partial charge in [-0.2, -0.15) is 0 Å². The molecule has 4 N–H and O–H groups in total. The summed E-state index contributed by atoms with van der Waals surface area (Å²) >= 11 is 0. The number of hydrogen-bond donors (Lipinski definition) is 3. The van der Waals surface area contributed by atoms with Gasteiger partial charge in [0.15, 0.2) is 0 Å². The highest BCUT2D eigenvalue weighted by molar-refractivity contribution is 6.15. The fourth-order valence-electron chi connectivity index (χ4n) is 5.63. The molecular weight excluding hydrogens is 420 g/mol. The number of aryl methyl sites for hydroxylation is 1. The fraction of sp³-hybridized carbons (Fsp3) is 0.360. The second kappa shape index (κ2) is 7.81. The Morgan fingerprint density at radius 2 is 1.85 bits per heavy atom. The van der Waals surface area contributed by atoms with Gasteiger partial charge in [-0.3, -0.25) is 29.4 Å². The Labute approximate surface area is 191 Å². The Hall–Kier alpha value is -3.52. The number of hydrogen-bond acceptors (Lipinski definition) is 5. The third-order valence-corrected chi connectivity index (χ3v) is 7.13. The van der Waals surface area contributed by atoms with Crippen LogP contribution in [0.4, 0.5) is 5.69 Å². The minimum absolute atomic E-state index is 0.0603. The van der Waals surface area contributed by atoms with Crippen molar-refractivity contribution in [1.29, 1.82) is 0 Å². The number of carbonyl (C=O) groups is 4. The van der Waals surface area contributed by atoms with Gasteiger partial charge in [0.1, 0.15) is 5.54 Å². The first-order chi connectivity index (χ1) is 15.8. The molecule has 4 amide bonds. The minimum Gasteiger partial charge on any atom is -0.370 e. The number of nitrogens with zero attached hydrogens (tertiary/aromatic N) is 1. The third-order valence-electron chi connectivity index (χ3n) is 7.13.